The van der Waals surface area contributed by atoms with Gasteiger partial charge in [0.2, 0.25) is 5.91 Å². The second-order valence-corrected chi connectivity index (χ2v) is 4.37. The fraction of sp³-hybridized carbons (Fsp3) is 0.188. The van der Waals surface area contributed by atoms with Crippen LogP contribution in [-0.2, 0) is 11.3 Å². The number of amides is 1. The van der Waals surface area contributed by atoms with Crippen molar-refractivity contribution in [1.29, 1.82) is 0 Å². The van der Waals surface area contributed by atoms with E-state index in [0.717, 1.165) is 17.0 Å². The summed E-state index contributed by atoms with van der Waals surface area (Å²) in [7, 11) is 1.64. The number of benzene rings is 2. The van der Waals surface area contributed by atoms with Crippen molar-refractivity contribution >= 4 is 11.6 Å². The zero-order valence-corrected chi connectivity index (χ0v) is 11.4. The SMILES string of the molecule is COc1cccc(CNCC(=O)Nc2ccccc2)c1. The van der Waals surface area contributed by atoms with Crippen molar-refractivity contribution in [2.75, 3.05) is 19.0 Å². The minimum atomic E-state index is -0.0564. The maximum absolute atomic E-state index is 11.7. The van der Waals surface area contributed by atoms with Crippen LogP contribution in [0.3, 0.4) is 0 Å². The molecule has 0 bridgehead atoms. The van der Waals surface area contributed by atoms with Crippen LogP contribution >= 0.6 is 0 Å². The van der Waals surface area contributed by atoms with Crippen LogP contribution in [0.15, 0.2) is 54.6 Å². The van der Waals surface area contributed by atoms with Gasteiger partial charge in [0.05, 0.1) is 13.7 Å². The van der Waals surface area contributed by atoms with Gasteiger partial charge in [-0.05, 0) is 29.8 Å². The minimum Gasteiger partial charge on any atom is -0.497 e. The van der Waals surface area contributed by atoms with Gasteiger partial charge in [0.25, 0.3) is 0 Å². The van der Waals surface area contributed by atoms with Crippen LogP contribution in [0.4, 0.5) is 5.69 Å². The second kappa shape index (κ2) is 7.31. The fourth-order valence-electron chi connectivity index (χ4n) is 1.83. The summed E-state index contributed by atoms with van der Waals surface area (Å²) in [5, 5.41) is 5.93. The Morgan fingerprint density at radius 1 is 1.10 bits per heavy atom. The second-order valence-electron chi connectivity index (χ2n) is 4.37. The molecule has 0 aliphatic heterocycles. The van der Waals surface area contributed by atoms with E-state index in [4.69, 9.17) is 4.74 Å². The van der Waals surface area contributed by atoms with E-state index >= 15 is 0 Å². The number of anilines is 1. The van der Waals surface area contributed by atoms with Crippen LogP contribution in [0.5, 0.6) is 5.75 Å². The van der Waals surface area contributed by atoms with Crippen molar-refractivity contribution in [1.82, 2.24) is 5.32 Å². The first kappa shape index (κ1) is 14.1. The first-order valence-electron chi connectivity index (χ1n) is 6.46. The number of hydrogen-bond donors (Lipinski definition) is 2. The molecule has 0 fully saturated rings. The number of para-hydroxylation sites is 1. The summed E-state index contributed by atoms with van der Waals surface area (Å²) in [5.41, 5.74) is 1.89. The monoisotopic (exact) mass is 270 g/mol. The van der Waals surface area contributed by atoms with Crippen LogP contribution in [0.2, 0.25) is 0 Å². The minimum absolute atomic E-state index is 0.0564. The highest BCUT2D eigenvalue weighted by molar-refractivity contribution is 5.92. The molecular formula is C16H18N2O2. The largest absolute Gasteiger partial charge is 0.497 e. The molecule has 0 heterocycles. The molecule has 0 saturated carbocycles. The maximum atomic E-state index is 11.7. The lowest BCUT2D eigenvalue weighted by Crippen LogP contribution is -2.27. The quantitative estimate of drug-likeness (QED) is 0.847. The third-order valence-electron chi connectivity index (χ3n) is 2.81. The third kappa shape index (κ3) is 4.40. The van der Waals surface area contributed by atoms with Crippen LogP contribution in [0.25, 0.3) is 0 Å². The van der Waals surface area contributed by atoms with Gasteiger partial charge in [0.15, 0.2) is 0 Å². The molecule has 104 valence electrons. The molecule has 20 heavy (non-hydrogen) atoms. The molecule has 0 aliphatic carbocycles. The molecule has 2 aromatic carbocycles. The molecule has 0 aromatic heterocycles. The molecule has 4 nitrogen and oxygen atoms in total. The van der Waals surface area contributed by atoms with Crippen molar-refractivity contribution in [3.05, 3.63) is 60.2 Å². The molecule has 0 atom stereocenters. The Morgan fingerprint density at radius 3 is 2.65 bits per heavy atom. The number of nitrogens with one attached hydrogen (secondary N) is 2. The van der Waals surface area contributed by atoms with Crippen LogP contribution in [-0.4, -0.2) is 19.6 Å². The van der Waals surface area contributed by atoms with E-state index in [9.17, 15) is 4.79 Å². The van der Waals surface area contributed by atoms with E-state index in [1.807, 2.05) is 54.6 Å². The van der Waals surface area contributed by atoms with Gasteiger partial charge in [-0.2, -0.15) is 0 Å². The van der Waals surface area contributed by atoms with Crippen molar-refractivity contribution in [2.45, 2.75) is 6.54 Å². The molecule has 0 aliphatic rings. The van der Waals surface area contributed by atoms with Crippen LogP contribution in [0.1, 0.15) is 5.56 Å². The molecule has 1 amide bonds. The molecule has 2 aromatic rings. The Labute approximate surface area is 118 Å². The lowest BCUT2D eigenvalue weighted by molar-refractivity contribution is -0.115. The van der Waals surface area contributed by atoms with Gasteiger partial charge in [-0.3, -0.25) is 4.79 Å². The molecule has 0 saturated heterocycles. The maximum Gasteiger partial charge on any atom is 0.238 e. The Kier molecular flexibility index (Phi) is 5.15. The Bertz CT molecular complexity index is 555. The van der Waals surface area contributed by atoms with Crippen LogP contribution < -0.4 is 15.4 Å². The molecule has 0 spiro atoms. The van der Waals surface area contributed by atoms with E-state index in [1.54, 1.807) is 7.11 Å². The lowest BCUT2D eigenvalue weighted by Gasteiger charge is -2.07. The van der Waals surface area contributed by atoms with Gasteiger partial charge in [-0.25, -0.2) is 0 Å². The highest BCUT2D eigenvalue weighted by Gasteiger charge is 2.02. The van der Waals surface area contributed by atoms with E-state index in [-0.39, 0.29) is 12.5 Å². The number of methoxy groups -OCH3 is 1. The average molecular weight is 270 g/mol. The molecular weight excluding hydrogens is 252 g/mol. The summed E-state index contributed by atoms with van der Waals surface area (Å²) in [5.74, 6) is 0.761. The van der Waals surface area contributed by atoms with Gasteiger partial charge in [0, 0.05) is 12.2 Å². The summed E-state index contributed by atoms with van der Waals surface area (Å²) >= 11 is 0. The number of carbonyl (C=O) groups excluding carboxylic acids is 1. The van der Waals surface area contributed by atoms with E-state index < -0.39 is 0 Å². The first-order valence-corrected chi connectivity index (χ1v) is 6.46. The predicted molar refractivity (Wildman–Crippen MR) is 79.8 cm³/mol. The van der Waals surface area contributed by atoms with Gasteiger partial charge in [-0.1, -0.05) is 30.3 Å². The highest BCUT2D eigenvalue weighted by atomic mass is 16.5. The summed E-state index contributed by atoms with van der Waals surface area (Å²) in [6, 6.07) is 17.2. The van der Waals surface area contributed by atoms with Crippen molar-refractivity contribution in [3.8, 4) is 5.75 Å². The zero-order valence-electron chi connectivity index (χ0n) is 11.4. The zero-order chi connectivity index (χ0) is 14.2. The van der Waals surface area contributed by atoms with E-state index in [1.165, 1.54) is 0 Å². The summed E-state index contributed by atoms with van der Waals surface area (Å²) in [6.07, 6.45) is 0. The number of ether oxygens (including phenoxy) is 1. The van der Waals surface area contributed by atoms with Gasteiger partial charge in [0.1, 0.15) is 5.75 Å². The summed E-state index contributed by atoms with van der Waals surface area (Å²) in [4.78, 5) is 11.7. The molecule has 4 heteroatoms. The van der Waals surface area contributed by atoms with Crippen molar-refractivity contribution in [2.24, 2.45) is 0 Å². The Hall–Kier alpha value is -2.33. The first-order chi connectivity index (χ1) is 9.78. The smallest absolute Gasteiger partial charge is 0.238 e. The van der Waals surface area contributed by atoms with Crippen LogP contribution in [0, 0.1) is 0 Å². The van der Waals surface area contributed by atoms with E-state index in [0.29, 0.717) is 6.54 Å². The average Bonchev–Trinajstić information content (AvgIpc) is 2.48. The third-order valence-corrected chi connectivity index (χ3v) is 2.81. The Morgan fingerprint density at radius 2 is 1.90 bits per heavy atom. The topological polar surface area (TPSA) is 50.4 Å². The molecule has 2 N–H and O–H groups in total. The summed E-state index contributed by atoms with van der Waals surface area (Å²) < 4.78 is 5.15. The van der Waals surface area contributed by atoms with E-state index in [2.05, 4.69) is 10.6 Å². The standard InChI is InChI=1S/C16H18N2O2/c1-20-15-9-5-6-13(10-15)11-17-12-16(19)18-14-7-3-2-4-8-14/h2-10,17H,11-12H2,1H3,(H,18,19). The number of rotatable bonds is 6. The van der Waals surface area contributed by atoms with Crippen molar-refractivity contribution in [3.63, 3.8) is 0 Å². The molecule has 0 radical (unpaired) electrons. The van der Waals surface area contributed by atoms with Gasteiger partial charge >= 0.3 is 0 Å². The predicted octanol–water partition coefficient (Wildman–Crippen LogP) is 2.42. The highest BCUT2D eigenvalue weighted by Crippen LogP contribution is 2.12. The number of carbonyl (C=O) groups is 1. The van der Waals surface area contributed by atoms with Gasteiger partial charge < -0.3 is 15.4 Å². The van der Waals surface area contributed by atoms with Gasteiger partial charge in [-0.15, -0.1) is 0 Å². The van der Waals surface area contributed by atoms with Crippen molar-refractivity contribution < 1.29 is 9.53 Å². The lowest BCUT2D eigenvalue weighted by atomic mass is 10.2. The molecule has 2 rings (SSSR count). The fourth-order valence-corrected chi connectivity index (χ4v) is 1.83. The normalized spacial score (nSPS) is 10.1. The number of hydrogen-bond acceptors (Lipinski definition) is 3. The summed E-state index contributed by atoms with van der Waals surface area (Å²) in [6.45, 7) is 0.894. The Balaban J connectivity index is 1.76. The molecule has 0 unspecified atom stereocenters.